The van der Waals surface area contributed by atoms with Crippen molar-refractivity contribution in [3.63, 3.8) is 0 Å². The normalized spacial score (nSPS) is 13.4. The second kappa shape index (κ2) is 6.28. The largest absolute Gasteiger partial charge is 0.462 e. The third-order valence-corrected chi connectivity index (χ3v) is 4.32. The van der Waals surface area contributed by atoms with E-state index >= 15 is 0 Å². The molecule has 2 rings (SSSR count). The first kappa shape index (κ1) is 13.5. The van der Waals surface area contributed by atoms with E-state index in [1.165, 1.54) is 16.7 Å². The number of thioether (sulfide) groups is 1. The summed E-state index contributed by atoms with van der Waals surface area (Å²) in [6, 6.07) is 4.05. The lowest BCUT2D eigenvalue weighted by atomic mass is 9.94. The minimum atomic E-state index is -0.164. The number of esters is 1. The average molecular weight is 264 g/mol. The molecule has 18 heavy (non-hydrogen) atoms. The van der Waals surface area contributed by atoms with E-state index in [-0.39, 0.29) is 5.97 Å². The van der Waals surface area contributed by atoms with Crippen LogP contribution < -0.4 is 0 Å². The summed E-state index contributed by atoms with van der Waals surface area (Å²) in [5, 5.41) is 0. The van der Waals surface area contributed by atoms with Crippen LogP contribution in [0.1, 0.15) is 53.7 Å². The number of carbonyl (C=O) groups is 1. The number of fused-ring (bicyclic) bond motifs is 1. The van der Waals surface area contributed by atoms with Crippen molar-refractivity contribution in [3.05, 3.63) is 34.4 Å². The molecule has 0 aliphatic carbocycles. The Balaban J connectivity index is 2.36. The van der Waals surface area contributed by atoms with Gasteiger partial charge in [-0.15, -0.1) is 0 Å². The van der Waals surface area contributed by atoms with E-state index in [4.69, 9.17) is 4.74 Å². The number of carbonyl (C=O) groups excluding carboxylic acids is 1. The Morgan fingerprint density at radius 1 is 1.33 bits per heavy atom. The van der Waals surface area contributed by atoms with Crippen LogP contribution in [0.15, 0.2) is 12.1 Å². The van der Waals surface area contributed by atoms with Crippen LogP contribution in [0.25, 0.3) is 0 Å². The first-order valence-electron chi connectivity index (χ1n) is 6.66. The zero-order chi connectivity index (χ0) is 13.0. The highest BCUT2D eigenvalue weighted by molar-refractivity contribution is 7.98. The van der Waals surface area contributed by atoms with E-state index < -0.39 is 0 Å². The van der Waals surface area contributed by atoms with Crippen LogP contribution in [-0.2, 0) is 22.7 Å². The summed E-state index contributed by atoms with van der Waals surface area (Å²) in [5.74, 6) is 1.96. The molecule has 0 saturated carbocycles. The molecule has 1 aliphatic heterocycles. The van der Waals surface area contributed by atoms with Crippen molar-refractivity contribution in [1.82, 2.24) is 0 Å². The number of benzene rings is 1. The summed E-state index contributed by atoms with van der Waals surface area (Å²) in [5.41, 5.74) is 4.81. The Bertz CT molecular complexity index is 440. The van der Waals surface area contributed by atoms with Crippen molar-refractivity contribution in [2.75, 3.05) is 6.61 Å². The van der Waals surface area contributed by atoms with E-state index in [0.717, 1.165) is 36.3 Å². The minimum Gasteiger partial charge on any atom is -0.462 e. The Hall–Kier alpha value is -0.960. The zero-order valence-electron chi connectivity index (χ0n) is 11.1. The molecule has 0 amide bonds. The minimum absolute atomic E-state index is 0.164. The second-order valence-corrected chi connectivity index (χ2v) is 5.53. The van der Waals surface area contributed by atoms with Crippen LogP contribution in [0.5, 0.6) is 0 Å². The van der Waals surface area contributed by atoms with Crippen LogP contribution in [0.4, 0.5) is 0 Å². The van der Waals surface area contributed by atoms with Gasteiger partial charge in [-0.1, -0.05) is 19.4 Å². The monoisotopic (exact) mass is 264 g/mol. The van der Waals surface area contributed by atoms with Gasteiger partial charge in [-0.2, -0.15) is 11.8 Å². The molecule has 0 unspecified atom stereocenters. The Kier molecular flexibility index (Phi) is 4.70. The lowest BCUT2D eigenvalue weighted by molar-refractivity contribution is 0.0525. The highest BCUT2D eigenvalue weighted by atomic mass is 32.2. The summed E-state index contributed by atoms with van der Waals surface area (Å²) in [6.07, 6.45) is 3.28. The van der Waals surface area contributed by atoms with Gasteiger partial charge >= 0.3 is 5.97 Å². The molecule has 3 heteroatoms. The van der Waals surface area contributed by atoms with Gasteiger partial charge in [0.25, 0.3) is 0 Å². The number of rotatable bonds is 5. The predicted octanol–water partition coefficient (Wildman–Crippen LogP) is 3.95. The number of unbranched alkanes of at least 4 members (excludes halogenated alkanes) is 1. The maximum Gasteiger partial charge on any atom is 0.338 e. The summed E-state index contributed by atoms with van der Waals surface area (Å²) < 4.78 is 5.16. The van der Waals surface area contributed by atoms with Gasteiger partial charge in [0.15, 0.2) is 0 Å². The Morgan fingerprint density at radius 3 is 2.89 bits per heavy atom. The molecule has 0 saturated heterocycles. The quantitative estimate of drug-likeness (QED) is 0.753. The van der Waals surface area contributed by atoms with Gasteiger partial charge in [0.2, 0.25) is 0 Å². The van der Waals surface area contributed by atoms with Crippen molar-refractivity contribution in [2.45, 2.75) is 44.6 Å². The van der Waals surface area contributed by atoms with Crippen LogP contribution >= 0.6 is 11.8 Å². The maximum atomic E-state index is 12.0. The van der Waals surface area contributed by atoms with Crippen molar-refractivity contribution >= 4 is 17.7 Å². The molecule has 1 aromatic carbocycles. The molecule has 0 N–H and O–H groups in total. The van der Waals surface area contributed by atoms with Gasteiger partial charge in [0.05, 0.1) is 12.2 Å². The molecule has 0 radical (unpaired) electrons. The van der Waals surface area contributed by atoms with Crippen LogP contribution in [0.3, 0.4) is 0 Å². The average Bonchev–Trinajstić information content (AvgIpc) is 2.84. The third-order valence-electron chi connectivity index (χ3n) is 3.31. The molecule has 0 fully saturated rings. The molecule has 0 atom stereocenters. The lowest BCUT2D eigenvalue weighted by Gasteiger charge is -2.13. The van der Waals surface area contributed by atoms with E-state index in [2.05, 4.69) is 13.0 Å². The molecule has 1 heterocycles. The summed E-state index contributed by atoms with van der Waals surface area (Å²) in [7, 11) is 0. The summed E-state index contributed by atoms with van der Waals surface area (Å²) in [6.45, 7) is 4.48. The molecule has 0 spiro atoms. The van der Waals surface area contributed by atoms with Gasteiger partial charge in [0.1, 0.15) is 0 Å². The van der Waals surface area contributed by atoms with E-state index in [0.29, 0.717) is 6.61 Å². The first-order chi connectivity index (χ1) is 8.77. The van der Waals surface area contributed by atoms with Crippen molar-refractivity contribution < 1.29 is 9.53 Å². The van der Waals surface area contributed by atoms with E-state index in [1.807, 2.05) is 24.8 Å². The van der Waals surface area contributed by atoms with Gasteiger partial charge in [-0.3, -0.25) is 0 Å². The van der Waals surface area contributed by atoms with E-state index in [9.17, 15) is 4.79 Å². The molecule has 98 valence electrons. The van der Waals surface area contributed by atoms with Crippen molar-refractivity contribution in [2.24, 2.45) is 0 Å². The molecular formula is C15H20O2S. The second-order valence-electron chi connectivity index (χ2n) is 4.55. The summed E-state index contributed by atoms with van der Waals surface area (Å²) >= 11 is 1.93. The fourth-order valence-electron chi connectivity index (χ4n) is 2.36. The Morgan fingerprint density at radius 2 is 2.17 bits per heavy atom. The van der Waals surface area contributed by atoms with Gasteiger partial charge < -0.3 is 4.74 Å². The zero-order valence-corrected chi connectivity index (χ0v) is 11.9. The van der Waals surface area contributed by atoms with Crippen molar-refractivity contribution in [3.8, 4) is 0 Å². The lowest BCUT2D eigenvalue weighted by Crippen LogP contribution is -2.10. The molecule has 0 bridgehead atoms. The highest BCUT2D eigenvalue weighted by Crippen LogP contribution is 2.34. The smallest absolute Gasteiger partial charge is 0.338 e. The van der Waals surface area contributed by atoms with Gasteiger partial charge in [-0.05, 0) is 42.5 Å². The highest BCUT2D eigenvalue weighted by Gasteiger charge is 2.21. The van der Waals surface area contributed by atoms with Crippen molar-refractivity contribution in [1.29, 1.82) is 0 Å². The molecular weight excluding hydrogens is 244 g/mol. The number of hydrogen-bond acceptors (Lipinski definition) is 3. The maximum absolute atomic E-state index is 12.0. The van der Waals surface area contributed by atoms with Crippen LogP contribution in [0.2, 0.25) is 0 Å². The fourth-order valence-corrected chi connectivity index (χ4v) is 3.51. The Labute approximate surface area is 113 Å². The molecule has 2 nitrogen and oxygen atoms in total. The molecule has 1 aromatic rings. The molecule has 1 aliphatic rings. The fraction of sp³-hybridized carbons (Fsp3) is 0.533. The number of hydrogen-bond donors (Lipinski definition) is 0. The SMILES string of the molecule is CCCCc1c(C(=O)OCC)ccc2c1CSC2. The topological polar surface area (TPSA) is 26.3 Å². The van der Waals surface area contributed by atoms with Gasteiger partial charge in [-0.25, -0.2) is 4.79 Å². The van der Waals surface area contributed by atoms with E-state index in [1.54, 1.807) is 0 Å². The van der Waals surface area contributed by atoms with Gasteiger partial charge in [0, 0.05) is 11.5 Å². The van der Waals surface area contributed by atoms with Crippen LogP contribution in [0, 0.1) is 0 Å². The summed E-state index contributed by atoms with van der Waals surface area (Å²) in [4.78, 5) is 12.0. The van der Waals surface area contributed by atoms with Crippen LogP contribution in [-0.4, -0.2) is 12.6 Å². The number of ether oxygens (including phenoxy) is 1. The predicted molar refractivity (Wildman–Crippen MR) is 76.0 cm³/mol. The molecule has 0 aromatic heterocycles. The standard InChI is InChI=1S/C15H20O2S/c1-3-5-6-12-13(15(16)17-4-2)8-7-11-9-18-10-14(11)12/h7-8H,3-6,9-10H2,1-2H3. The third kappa shape index (κ3) is 2.72. The first-order valence-corrected chi connectivity index (χ1v) is 7.81.